The Morgan fingerprint density at radius 1 is 1.14 bits per heavy atom. The van der Waals surface area contributed by atoms with E-state index < -0.39 is 0 Å². The Morgan fingerprint density at radius 2 is 1.90 bits per heavy atom. The first-order valence-electron chi connectivity index (χ1n) is 7.29. The predicted octanol–water partition coefficient (Wildman–Crippen LogP) is 5.26. The summed E-state index contributed by atoms with van der Waals surface area (Å²) < 4.78 is 5.94. The molecule has 112 valence electrons. The van der Waals surface area contributed by atoms with Gasteiger partial charge in [0.25, 0.3) is 0 Å². The normalized spacial score (nSPS) is 10.7. The smallest absolute Gasteiger partial charge is 0.123 e. The third kappa shape index (κ3) is 4.40. The molecule has 0 aromatic heterocycles. The summed E-state index contributed by atoms with van der Waals surface area (Å²) in [6.45, 7) is 7.77. The van der Waals surface area contributed by atoms with Gasteiger partial charge < -0.3 is 10.1 Å². The standard InChI is InChI=1S/C18H22ClNO/c1-13(2)15-9-8-14(3)12-18(15)21-11-10-20-17-7-5-4-6-16(17)19/h4-9,12-13,20H,10-11H2,1-3H3. The molecule has 2 nitrogen and oxygen atoms in total. The van der Waals surface area contributed by atoms with Crippen molar-refractivity contribution in [3.8, 4) is 5.75 Å². The molecular weight excluding hydrogens is 282 g/mol. The molecule has 0 fully saturated rings. The maximum atomic E-state index is 6.10. The van der Waals surface area contributed by atoms with Crippen molar-refractivity contribution in [2.24, 2.45) is 0 Å². The number of rotatable bonds is 6. The van der Waals surface area contributed by atoms with Crippen LogP contribution in [0.15, 0.2) is 42.5 Å². The summed E-state index contributed by atoms with van der Waals surface area (Å²) in [5.41, 5.74) is 3.41. The second-order valence-corrected chi connectivity index (χ2v) is 5.86. The van der Waals surface area contributed by atoms with Crippen LogP contribution < -0.4 is 10.1 Å². The van der Waals surface area contributed by atoms with Crippen molar-refractivity contribution in [3.63, 3.8) is 0 Å². The van der Waals surface area contributed by atoms with Crippen LogP contribution in [0, 0.1) is 6.92 Å². The van der Waals surface area contributed by atoms with E-state index in [1.807, 2.05) is 24.3 Å². The number of anilines is 1. The Bertz CT molecular complexity index is 596. The third-order valence-corrected chi connectivity index (χ3v) is 3.67. The van der Waals surface area contributed by atoms with Crippen LogP contribution in [0.5, 0.6) is 5.75 Å². The number of nitrogens with one attached hydrogen (secondary N) is 1. The van der Waals surface area contributed by atoms with Gasteiger partial charge in [-0.3, -0.25) is 0 Å². The highest BCUT2D eigenvalue weighted by atomic mass is 35.5. The lowest BCUT2D eigenvalue weighted by atomic mass is 10.0. The fourth-order valence-electron chi connectivity index (χ4n) is 2.19. The van der Waals surface area contributed by atoms with Crippen molar-refractivity contribution in [3.05, 3.63) is 58.6 Å². The summed E-state index contributed by atoms with van der Waals surface area (Å²) >= 11 is 6.10. The fraction of sp³-hybridized carbons (Fsp3) is 0.333. The van der Waals surface area contributed by atoms with Crippen molar-refractivity contribution in [1.82, 2.24) is 0 Å². The number of ether oxygens (including phenoxy) is 1. The minimum Gasteiger partial charge on any atom is -0.491 e. The molecule has 2 aromatic carbocycles. The molecule has 0 aliphatic rings. The number of aryl methyl sites for hydroxylation is 1. The Morgan fingerprint density at radius 3 is 2.62 bits per heavy atom. The monoisotopic (exact) mass is 303 g/mol. The molecule has 0 bridgehead atoms. The van der Waals surface area contributed by atoms with Gasteiger partial charge >= 0.3 is 0 Å². The zero-order valence-electron chi connectivity index (χ0n) is 12.8. The van der Waals surface area contributed by atoms with E-state index in [4.69, 9.17) is 16.3 Å². The molecule has 3 heteroatoms. The van der Waals surface area contributed by atoms with Crippen LogP contribution in [0.1, 0.15) is 30.9 Å². The SMILES string of the molecule is Cc1ccc(C(C)C)c(OCCNc2ccccc2Cl)c1. The van der Waals surface area contributed by atoms with Gasteiger partial charge in [-0.1, -0.05) is 49.7 Å². The molecule has 0 aliphatic heterocycles. The maximum absolute atomic E-state index is 6.10. The van der Waals surface area contributed by atoms with Crippen LogP contribution in [0.4, 0.5) is 5.69 Å². The van der Waals surface area contributed by atoms with E-state index in [1.54, 1.807) is 0 Å². The molecule has 0 heterocycles. The Labute approximate surface area is 132 Å². The number of halogens is 1. The lowest BCUT2D eigenvalue weighted by molar-refractivity contribution is 0.328. The van der Waals surface area contributed by atoms with Gasteiger partial charge in [0.05, 0.1) is 10.7 Å². The fourth-order valence-corrected chi connectivity index (χ4v) is 2.40. The molecule has 0 radical (unpaired) electrons. The highest BCUT2D eigenvalue weighted by molar-refractivity contribution is 6.33. The summed E-state index contributed by atoms with van der Waals surface area (Å²) in [5.74, 6) is 1.43. The molecule has 0 aliphatic carbocycles. The van der Waals surface area contributed by atoms with Crippen LogP contribution >= 0.6 is 11.6 Å². The van der Waals surface area contributed by atoms with Gasteiger partial charge in [-0.15, -0.1) is 0 Å². The second kappa shape index (κ2) is 7.37. The maximum Gasteiger partial charge on any atom is 0.123 e. The van der Waals surface area contributed by atoms with Gasteiger partial charge in [0.15, 0.2) is 0 Å². The van der Waals surface area contributed by atoms with Crippen LogP contribution in [0.25, 0.3) is 0 Å². The van der Waals surface area contributed by atoms with E-state index in [0.29, 0.717) is 12.5 Å². The number of hydrogen-bond acceptors (Lipinski definition) is 2. The Balaban J connectivity index is 1.92. The van der Waals surface area contributed by atoms with E-state index in [2.05, 4.69) is 44.3 Å². The number of hydrogen-bond donors (Lipinski definition) is 1. The topological polar surface area (TPSA) is 21.3 Å². The van der Waals surface area contributed by atoms with Crippen molar-refractivity contribution < 1.29 is 4.74 Å². The first kappa shape index (κ1) is 15.7. The van der Waals surface area contributed by atoms with Gasteiger partial charge in [-0.05, 0) is 42.2 Å². The Hall–Kier alpha value is -1.67. The van der Waals surface area contributed by atoms with Crippen molar-refractivity contribution in [2.75, 3.05) is 18.5 Å². The predicted molar refractivity (Wildman–Crippen MR) is 90.7 cm³/mol. The molecule has 0 spiro atoms. The molecule has 0 amide bonds. The molecule has 1 N–H and O–H groups in total. The average Bonchev–Trinajstić information content (AvgIpc) is 2.45. The van der Waals surface area contributed by atoms with Gasteiger partial charge in [-0.25, -0.2) is 0 Å². The third-order valence-electron chi connectivity index (χ3n) is 3.34. The molecule has 2 rings (SSSR count). The second-order valence-electron chi connectivity index (χ2n) is 5.45. The minimum absolute atomic E-state index is 0.456. The highest BCUT2D eigenvalue weighted by Gasteiger charge is 2.08. The largest absolute Gasteiger partial charge is 0.491 e. The summed E-state index contributed by atoms with van der Waals surface area (Å²) in [5, 5.41) is 4.02. The Kier molecular flexibility index (Phi) is 5.51. The molecule has 0 saturated heterocycles. The summed E-state index contributed by atoms with van der Waals surface area (Å²) in [6.07, 6.45) is 0. The van der Waals surface area contributed by atoms with Crippen LogP contribution in [-0.2, 0) is 0 Å². The van der Waals surface area contributed by atoms with E-state index in [9.17, 15) is 0 Å². The van der Waals surface area contributed by atoms with Gasteiger partial charge in [0, 0.05) is 6.54 Å². The summed E-state index contributed by atoms with van der Waals surface area (Å²) in [7, 11) is 0. The molecular formula is C18H22ClNO. The van der Waals surface area contributed by atoms with Gasteiger partial charge in [0.2, 0.25) is 0 Å². The molecule has 2 aromatic rings. The first-order valence-corrected chi connectivity index (χ1v) is 7.67. The van der Waals surface area contributed by atoms with Crippen LogP contribution in [0.3, 0.4) is 0 Å². The minimum atomic E-state index is 0.456. The summed E-state index contributed by atoms with van der Waals surface area (Å²) in [4.78, 5) is 0. The zero-order valence-corrected chi connectivity index (χ0v) is 13.6. The lowest BCUT2D eigenvalue weighted by Crippen LogP contribution is -2.12. The van der Waals surface area contributed by atoms with E-state index in [-0.39, 0.29) is 0 Å². The number of benzene rings is 2. The molecule has 0 unspecified atom stereocenters. The average molecular weight is 304 g/mol. The quantitative estimate of drug-likeness (QED) is 0.735. The van der Waals surface area contributed by atoms with Crippen LogP contribution in [0.2, 0.25) is 5.02 Å². The van der Waals surface area contributed by atoms with Gasteiger partial charge in [0.1, 0.15) is 12.4 Å². The zero-order chi connectivity index (χ0) is 15.2. The van der Waals surface area contributed by atoms with Crippen molar-refractivity contribution in [2.45, 2.75) is 26.7 Å². The lowest BCUT2D eigenvalue weighted by Gasteiger charge is -2.15. The first-order chi connectivity index (χ1) is 10.1. The molecule has 0 atom stereocenters. The van der Waals surface area contributed by atoms with Gasteiger partial charge in [-0.2, -0.15) is 0 Å². The van der Waals surface area contributed by atoms with E-state index in [1.165, 1.54) is 11.1 Å². The van der Waals surface area contributed by atoms with E-state index in [0.717, 1.165) is 23.0 Å². The van der Waals surface area contributed by atoms with Crippen LogP contribution in [-0.4, -0.2) is 13.2 Å². The summed E-state index contributed by atoms with van der Waals surface area (Å²) in [6, 6.07) is 14.1. The highest BCUT2D eigenvalue weighted by Crippen LogP contribution is 2.27. The molecule has 0 saturated carbocycles. The van der Waals surface area contributed by atoms with Crippen molar-refractivity contribution >= 4 is 17.3 Å². The molecule has 21 heavy (non-hydrogen) atoms. The van der Waals surface area contributed by atoms with Crippen molar-refractivity contribution in [1.29, 1.82) is 0 Å². The number of para-hydroxylation sites is 1. The van der Waals surface area contributed by atoms with E-state index >= 15 is 0 Å².